The lowest BCUT2D eigenvalue weighted by molar-refractivity contribution is 0.0696. The quantitative estimate of drug-likeness (QED) is 0.165. The number of ether oxygens (including phenoxy) is 1. The van der Waals surface area contributed by atoms with Gasteiger partial charge in [0.1, 0.15) is 5.75 Å². The van der Waals surface area contributed by atoms with Crippen molar-refractivity contribution in [1.82, 2.24) is 10.2 Å². The molecule has 0 aliphatic carbocycles. The van der Waals surface area contributed by atoms with Crippen LogP contribution in [-0.2, 0) is 6.42 Å². The van der Waals surface area contributed by atoms with Crippen LogP contribution in [0.5, 0.6) is 5.75 Å². The van der Waals surface area contributed by atoms with Crippen LogP contribution in [0.25, 0.3) is 11.3 Å². The summed E-state index contributed by atoms with van der Waals surface area (Å²) in [5.74, 6) is 0.201. The molecule has 40 heavy (non-hydrogen) atoms. The highest BCUT2D eigenvalue weighted by molar-refractivity contribution is 6.17. The molecule has 0 radical (unpaired) electrons. The summed E-state index contributed by atoms with van der Waals surface area (Å²) in [4.78, 5) is 12.0. The molecule has 1 heterocycles. The van der Waals surface area contributed by atoms with Gasteiger partial charge in [0, 0.05) is 28.7 Å². The van der Waals surface area contributed by atoms with Crippen LogP contribution < -0.4 is 10.2 Å². The topological polar surface area (TPSA) is 96.7 Å². The second kappa shape index (κ2) is 12.0. The number of hydrogen-bond donors (Lipinski definition) is 2. The monoisotopic (exact) mass is 528 g/mol. The van der Waals surface area contributed by atoms with E-state index in [0.29, 0.717) is 23.5 Å². The molecular formula is C33H28N4O3. The van der Waals surface area contributed by atoms with E-state index in [1.165, 1.54) is 0 Å². The molecule has 7 heteroatoms. The third-order valence-corrected chi connectivity index (χ3v) is 6.53. The lowest BCUT2D eigenvalue weighted by atomic mass is 9.97. The Balaban J connectivity index is 1.61. The number of carbonyl (C=O) groups is 1. The summed E-state index contributed by atoms with van der Waals surface area (Å²) in [5, 5.41) is 23.6. The fraction of sp³-hybridized carbons (Fsp3) is 0.0909. The van der Waals surface area contributed by atoms with Gasteiger partial charge in [-0.05, 0) is 30.7 Å². The number of methoxy groups -OCH3 is 1. The number of rotatable bonds is 9. The maximum absolute atomic E-state index is 12.0. The molecule has 0 aliphatic heterocycles. The molecule has 0 amide bonds. The van der Waals surface area contributed by atoms with Crippen molar-refractivity contribution in [3.63, 3.8) is 0 Å². The zero-order valence-corrected chi connectivity index (χ0v) is 22.2. The van der Waals surface area contributed by atoms with Crippen LogP contribution in [-0.4, -0.2) is 34.1 Å². The molecule has 5 aromatic rings. The van der Waals surface area contributed by atoms with Gasteiger partial charge in [0.2, 0.25) is 0 Å². The van der Waals surface area contributed by atoms with Gasteiger partial charge in [0.15, 0.2) is 5.82 Å². The van der Waals surface area contributed by atoms with Crippen LogP contribution in [0, 0.1) is 6.92 Å². The van der Waals surface area contributed by atoms with E-state index < -0.39 is 5.97 Å². The maximum Gasteiger partial charge on any atom is 0.336 e. The molecule has 7 nitrogen and oxygen atoms in total. The van der Waals surface area contributed by atoms with Crippen molar-refractivity contribution in [2.24, 2.45) is 5.10 Å². The summed E-state index contributed by atoms with van der Waals surface area (Å²) < 4.78 is 5.60. The van der Waals surface area contributed by atoms with Gasteiger partial charge in [-0.1, -0.05) is 96.6 Å². The van der Waals surface area contributed by atoms with Gasteiger partial charge in [-0.15, -0.1) is 10.2 Å². The number of hydrazone groups is 1. The highest BCUT2D eigenvalue weighted by atomic mass is 16.5. The van der Waals surface area contributed by atoms with Crippen molar-refractivity contribution in [1.29, 1.82) is 0 Å². The molecule has 198 valence electrons. The van der Waals surface area contributed by atoms with Crippen LogP contribution in [0.15, 0.2) is 114 Å². The molecule has 1 aromatic heterocycles. The number of hydrogen-bond acceptors (Lipinski definition) is 6. The van der Waals surface area contributed by atoms with Crippen molar-refractivity contribution >= 4 is 17.5 Å². The standard InChI is InChI=1S/C33H28N4O3/c1-22-16-18-23(19-17-22)29-21-26(20-25-12-6-9-15-30(25)40-2)32(36-34-29)37-35-31(24-10-4-3-5-11-24)27-13-7-8-14-28(27)33(38)39/h3-19,21H,20H2,1-2H3,(H,36,37)(H,38,39)/b35-31-. The molecule has 0 bridgehead atoms. The summed E-state index contributed by atoms with van der Waals surface area (Å²) in [5.41, 5.74) is 9.68. The summed E-state index contributed by atoms with van der Waals surface area (Å²) in [6, 6.07) is 34.2. The van der Waals surface area contributed by atoms with Crippen LogP contribution in [0.1, 0.15) is 38.2 Å². The van der Waals surface area contributed by atoms with Crippen molar-refractivity contribution in [2.75, 3.05) is 12.5 Å². The molecule has 0 saturated carbocycles. The lowest BCUT2D eigenvalue weighted by Crippen LogP contribution is -2.13. The fourth-order valence-electron chi connectivity index (χ4n) is 4.44. The number of nitrogens with one attached hydrogen (secondary N) is 1. The number of aromatic carboxylic acids is 1. The number of nitrogens with zero attached hydrogens (tertiary/aromatic N) is 3. The van der Waals surface area contributed by atoms with E-state index >= 15 is 0 Å². The van der Waals surface area contributed by atoms with Gasteiger partial charge in [0.05, 0.1) is 24.1 Å². The highest BCUT2D eigenvalue weighted by Gasteiger charge is 2.17. The Hall–Kier alpha value is -5.30. The Morgan fingerprint density at radius 2 is 1.50 bits per heavy atom. The van der Waals surface area contributed by atoms with Gasteiger partial charge < -0.3 is 9.84 Å². The Morgan fingerprint density at radius 1 is 0.825 bits per heavy atom. The smallest absolute Gasteiger partial charge is 0.336 e. The SMILES string of the molecule is COc1ccccc1Cc1cc(-c2ccc(C)cc2)nnc1N/N=C(/c1ccccc1)c1ccccc1C(=O)O. The molecule has 0 aliphatic rings. The summed E-state index contributed by atoms with van der Waals surface area (Å²) in [7, 11) is 1.65. The van der Waals surface area contributed by atoms with Crippen molar-refractivity contribution in [3.05, 3.63) is 143 Å². The van der Waals surface area contributed by atoms with Crippen LogP contribution in [0.4, 0.5) is 5.82 Å². The second-order valence-corrected chi connectivity index (χ2v) is 9.25. The third kappa shape index (κ3) is 5.89. The van der Waals surface area contributed by atoms with E-state index in [1.807, 2.05) is 91.9 Å². The van der Waals surface area contributed by atoms with E-state index in [0.717, 1.165) is 39.3 Å². The average Bonchev–Trinajstić information content (AvgIpc) is 2.99. The first kappa shape index (κ1) is 26.3. The fourth-order valence-corrected chi connectivity index (χ4v) is 4.44. The number of carboxylic acids is 1. The highest BCUT2D eigenvalue weighted by Crippen LogP contribution is 2.27. The molecule has 0 unspecified atom stereocenters. The minimum Gasteiger partial charge on any atom is -0.496 e. The normalized spacial score (nSPS) is 11.2. The largest absolute Gasteiger partial charge is 0.496 e. The lowest BCUT2D eigenvalue weighted by Gasteiger charge is -2.14. The number of aryl methyl sites for hydroxylation is 1. The zero-order chi connectivity index (χ0) is 27.9. The molecule has 5 rings (SSSR count). The van der Waals surface area contributed by atoms with Crippen molar-refractivity contribution in [3.8, 4) is 17.0 Å². The van der Waals surface area contributed by atoms with Gasteiger partial charge in [-0.25, -0.2) is 4.79 Å². The van der Waals surface area contributed by atoms with Crippen molar-refractivity contribution < 1.29 is 14.6 Å². The Labute approximate surface area is 232 Å². The molecule has 0 fully saturated rings. The van der Waals surface area contributed by atoms with Gasteiger partial charge in [-0.2, -0.15) is 5.10 Å². The second-order valence-electron chi connectivity index (χ2n) is 9.25. The summed E-state index contributed by atoms with van der Waals surface area (Å²) in [6.45, 7) is 2.04. The third-order valence-electron chi connectivity index (χ3n) is 6.53. The molecule has 4 aromatic carbocycles. The van der Waals surface area contributed by atoms with E-state index in [-0.39, 0.29) is 5.56 Å². The Bertz CT molecular complexity index is 1670. The first-order valence-electron chi connectivity index (χ1n) is 12.8. The molecule has 2 N–H and O–H groups in total. The maximum atomic E-state index is 12.0. The molecule has 0 saturated heterocycles. The van der Waals surface area contributed by atoms with Crippen LogP contribution in [0.2, 0.25) is 0 Å². The first-order chi connectivity index (χ1) is 19.5. The minimum atomic E-state index is -1.03. The molecule has 0 atom stereocenters. The van der Waals surface area contributed by atoms with Crippen molar-refractivity contribution in [2.45, 2.75) is 13.3 Å². The van der Waals surface area contributed by atoms with E-state index in [2.05, 4.69) is 15.6 Å². The van der Waals surface area contributed by atoms with Gasteiger partial charge in [-0.3, -0.25) is 5.43 Å². The van der Waals surface area contributed by atoms with Gasteiger partial charge in [0.25, 0.3) is 0 Å². The number of carboxylic acid groups (broad SMARTS) is 1. The molecular weight excluding hydrogens is 500 g/mol. The zero-order valence-electron chi connectivity index (χ0n) is 22.2. The predicted molar refractivity (Wildman–Crippen MR) is 157 cm³/mol. The van der Waals surface area contributed by atoms with E-state index in [1.54, 1.807) is 31.4 Å². The van der Waals surface area contributed by atoms with Gasteiger partial charge >= 0.3 is 5.97 Å². The Kier molecular flexibility index (Phi) is 7.92. The van der Waals surface area contributed by atoms with Crippen LogP contribution in [0.3, 0.4) is 0 Å². The minimum absolute atomic E-state index is 0.155. The van der Waals surface area contributed by atoms with E-state index in [9.17, 15) is 9.90 Å². The van der Waals surface area contributed by atoms with Crippen LogP contribution >= 0.6 is 0 Å². The first-order valence-corrected chi connectivity index (χ1v) is 12.8. The average molecular weight is 529 g/mol. The van der Waals surface area contributed by atoms with E-state index in [4.69, 9.17) is 9.84 Å². The predicted octanol–water partition coefficient (Wildman–Crippen LogP) is 6.61. The molecule has 0 spiro atoms. The summed E-state index contributed by atoms with van der Waals surface area (Å²) >= 11 is 0. The number of benzene rings is 4. The number of anilines is 1. The number of para-hydroxylation sites is 1. The number of aromatic nitrogens is 2. The summed E-state index contributed by atoms with van der Waals surface area (Å²) in [6.07, 6.45) is 0.516. The Morgan fingerprint density at radius 3 is 2.23 bits per heavy atom.